The average molecular weight is 282 g/mol. The molecular weight excluding hydrogens is 264 g/mol. The van der Waals surface area contributed by atoms with Crippen LogP contribution >= 0.6 is 23.1 Å². The van der Waals surface area contributed by atoms with E-state index in [1.165, 1.54) is 5.75 Å². The van der Waals surface area contributed by atoms with E-state index in [0.29, 0.717) is 5.78 Å². The molecule has 3 heterocycles. The average Bonchev–Trinajstić information content (AvgIpc) is 2.98. The zero-order valence-electron chi connectivity index (χ0n) is 10.6. The lowest BCUT2D eigenvalue weighted by Gasteiger charge is -2.37. The first kappa shape index (κ1) is 12.7. The van der Waals surface area contributed by atoms with Gasteiger partial charge in [-0.15, -0.1) is 0 Å². The maximum Gasteiger partial charge on any atom is 0.167 e. The molecule has 0 bridgehead atoms. The van der Waals surface area contributed by atoms with Crippen LogP contribution in [0.15, 0.2) is 10.8 Å². The molecule has 0 amide bonds. The van der Waals surface area contributed by atoms with Crippen molar-refractivity contribution in [3.05, 3.63) is 21.9 Å². The van der Waals surface area contributed by atoms with E-state index in [2.05, 4.69) is 5.38 Å². The summed E-state index contributed by atoms with van der Waals surface area (Å²) in [5.74, 6) is 2.76. The first-order chi connectivity index (χ1) is 8.70. The van der Waals surface area contributed by atoms with Gasteiger partial charge in [-0.05, 0) is 42.9 Å². The molecule has 0 radical (unpaired) electrons. The quantitative estimate of drug-likeness (QED) is 0.776. The molecule has 0 aliphatic carbocycles. The van der Waals surface area contributed by atoms with Gasteiger partial charge in [0.05, 0.1) is 5.60 Å². The topological polar surface area (TPSA) is 26.3 Å². The van der Waals surface area contributed by atoms with Crippen LogP contribution in [-0.2, 0) is 4.74 Å². The van der Waals surface area contributed by atoms with Gasteiger partial charge < -0.3 is 4.74 Å². The second kappa shape index (κ2) is 4.99. The summed E-state index contributed by atoms with van der Waals surface area (Å²) in [5.41, 5.74) is 2.08. The Hall–Kier alpha value is -0.320. The molecule has 98 valence electrons. The van der Waals surface area contributed by atoms with E-state index in [-0.39, 0.29) is 11.5 Å². The largest absolute Gasteiger partial charge is 0.374 e. The van der Waals surface area contributed by atoms with Crippen molar-refractivity contribution in [3.63, 3.8) is 0 Å². The van der Waals surface area contributed by atoms with Crippen molar-refractivity contribution >= 4 is 28.9 Å². The van der Waals surface area contributed by atoms with Crippen LogP contribution in [0.2, 0.25) is 0 Å². The van der Waals surface area contributed by atoms with Gasteiger partial charge in [-0.2, -0.15) is 23.1 Å². The van der Waals surface area contributed by atoms with Crippen LogP contribution in [0.1, 0.15) is 35.2 Å². The monoisotopic (exact) mass is 282 g/mol. The normalized spacial score (nSPS) is 31.9. The highest BCUT2D eigenvalue weighted by Gasteiger charge is 2.42. The fraction of sp³-hybridized carbons (Fsp3) is 0.643. The Labute approximate surface area is 116 Å². The molecule has 2 nitrogen and oxygen atoms in total. The van der Waals surface area contributed by atoms with E-state index < -0.39 is 0 Å². The van der Waals surface area contributed by atoms with Crippen LogP contribution in [0.25, 0.3) is 0 Å². The van der Waals surface area contributed by atoms with Crippen molar-refractivity contribution in [1.29, 1.82) is 0 Å². The van der Waals surface area contributed by atoms with Gasteiger partial charge in [-0.1, -0.05) is 0 Å². The zero-order valence-corrected chi connectivity index (χ0v) is 12.2. The second-order valence-electron chi connectivity index (χ2n) is 5.36. The van der Waals surface area contributed by atoms with Crippen molar-refractivity contribution in [3.8, 4) is 0 Å². The Bertz CT molecular complexity index is 446. The predicted molar refractivity (Wildman–Crippen MR) is 76.7 cm³/mol. The third-order valence-electron chi connectivity index (χ3n) is 4.05. The number of aryl methyl sites for hydroxylation is 1. The van der Waals surface area contributed by atoms with Crippen molar-refractivity contribution in [2.75, 3.05) is 18.1 Å². The molecule has 1 aromatic rings. The summed E-state index contributed by atoms with van der Waals surface area (Å²) in [6, 6.07) is 0. The van der Waals surface area contributed by atoms with Crippen LogP contribution in [0.5, 0.6) is 0 Å². The molecule has 18 heavy (non-hydrogen) atoms. The number of Topliss-reactive ketones (excluding diaryl/α,β-unsaturated/α-hetero) is 1. The number of hydrogen-bond donors (Lipinski definition) is 0. The van der Waals surface area contributed by atoms with E-state index in [4.69, 9.17) is 4.74 Å². The van der Waals surface area contributed by atoms with Crippen LogP contribution in [-0.4, -0.2) is 29.5 Å². The summed E-state index contributed by atoms with van der Waals surface area (Å²) in [6.07, 6.45) is 2.93. The van der Waals surface area contributed by atoms with Crippen LogP contribution < -0.4 is 0 Å². The highest BCUT2D eigenvalue weighted by molar-refractivity contribution is 7.99. The molecule has 1 spiro atoms. The van der Waals surface area contributed by atoms with Gasteiger partial charge in [-0.3, -0.25) is 4.79 Å². The molecule has 2 unspecified atom stereocenters. The minimum absolute atomic E-state index is 0.00711. The van der Waals surface area contributed by atoms with Crippen molar-refractivity contribution in [1.82, 2.24) is 0 Å². The number of ether oxygens (including phenoxy) is 1. The first-order valence-corrected chi connectivity index (χ1v) is 8.59. The summed E-state index contributed by atoms with van der Waals surface area (Å²) in [7, 11) is 0. The lowest BCUT2D eigenvalue weighted by atomic mass is 9.81. The molecule has 2 fully saturated rings. The second-order valence-corrected chi connectivity index (χ2v) is 7.21. The standard InChI is InChI=1S/C14H18O2S2/c1-10-7-18-8-12(10)13(15)11-2-4-16-14(6-11)3-5-17-9-14/h7-8,11H,2-6,9H2,1H3. The van der Waals surface area contributed by atoms with E-state index in [0.717, 1.165) is 42.7 Å². The van der Waals surface area contributed by atoms with E-state index in [1.54, 1.807) is 11.3 Å². The highest BCUT2D eigenvalue weighted by Crippen LogP contribution is 2.41. The third-order valence-corrected chi connectivity index (χ3v) is 6.14. The molecule has 2 aliphatic rings. The summed E-state index contributed by atoms with van der Waals surface area (Å²) in [6.45, 7) is 2.78. The minimum atomic E-state index is 0.00711. The van der Waals surface area contributed by atoms with Gasteiger partial charge >= 0.3 is 0 Å². The Kier molecular flexibility index (Phi) is 3.52. The number of carbonyl (C=O) groups is 1. The lowest BCUT2D eigenvalue weighted by molar-refractivity contribution is -0.0734. The lowest BCUT2D eigenvalue weighted by Crippen LogP contribution is -2.42. The van der Waals surface area contributed by atoms with Gasteiger partial charge in [0, 0.05) is 29.2 Å². The molecule has 2 saturated heterocycles. The van der Waals surface area contributed by atoms with E-state index in [9.17, 15) is 4.79 Å². The summed E-state index contributed by atoms with van der Waals surface area (Å²) < 4.78 is 5.98. The van der Waals surface area contributed by atoms with Gasteiger partial charge in [0.1, 0.15) is 0 Å². The molecule has 0 saturated carbocycles. The third kappa shape index (κ3) is 2.26. The van der Waals surface area contributed by atoms with E-state index >= 15 is 0 Å². The Balaban J connectivity index is 1.76. The van der Waals surface area contributed by atoms with Crippen LogP contribution in [0.4, 0.5) is 0 Å². The zero-order chi connectivity index (χ0) is 12.6. The summed E-state index contributed by atoms with van der Waals surface area (Å²) in [4.78, 5) is 12.6. The molecule has 0 aromatic carbocycles. The Morgan fingerprint density at radius 3 is 3.06 bits per heavy atom. The molecule has 0 N–H and O–H groups in total. The molecule has 1 aromatic heterocycles. The van der Waals surface area contributed by atoms with Gasteiger partial charge in [0.25, 0.3) is 0 Å². The highest BCUT2D eigenvalue weighted by atomic mass is 32.2. The fourth-order valence-corrected chi connectivity index (χ4v) is 5.16. The first-order valence-electron chi connectivity index (χ1n) is 6.49. The van der Waals surface area contributed by atoms with Crippen LogP contribution in [0, 0.1) is 12.8 Å². The van der Waals surface area contributed by atoms with Crippen molar-refractivity contribution in [2.45, 2.75) is 31.8 Å². The molecular formula is C14H18O2S2. The van der Waals surface area contributed by atoms with E-state index in [1.807, 2.05) is 24.1 Å². The van der Waals surface area contributed by atoms with Gasteiger partial charge in [0.2, 0.25) is 0 Å². The number of carbonyl (C=O) groups excluding carboxylic acids is 1. The minimum Gasteiger partial charge on any atom is -0.374 e. The number of thioether (sulfide) groups is 1. The Morgan fingerprint density at radius 1 is 1.50 bits per heavy atom. The predicted octanol–water partition coefficient (Wildman–Crippen LogP) is 3.54. The maximum atomic E-state index is 12.6. The van der Waals surface area contributed by atoms with Gasteiger partial charge in [-0.25, -0.2) is 0 Å². The van der Waals surface area contributed by atoms with Crippen molar-refractivity contribution in [2.24, 2.45) is 5.92 Å². The number of hydrogen-bond acceptors (Lipinski definition) is 4. The van der Waals surface area contributed by atoms with Crippen LogP contribution in [0.3, 0.4) is 0 Å². The summed E-state index contributed by atoms with van der Waals surface area (Å²) >= 11 is 3.59. The molecule has 3 rings (SSSR count). The number of thiophene rings is 1. The Morgan fingerprint density at radius 2 is 2.39 bits per heavy atom. The SMILES string of the molecule is Cc1cscc1C(=O)C1CCOC2(CCSC2)C1. The molecule has 2 aliphatic heterocycles. The summed E-state index contributed by atoms with van der Waals surface area (Å²) in [5, 5.41) is 4.07. The fourth-order valence-electron chi connectivity index (χ4n) is 2.95. The maximum absolute atomic E-state index is 12.6. The smallest absolute Gasteiger partial charge is 0.167 e. The van der Waals surface area contributed by atoms with Gasteiger partial charge in [0.15, 0.2) is 5.78 Å². The molecule has 4 heteroatoms. The molecule has 2 atom stereocenters. The number of ketones is 1. The number of rotatable bonds is 2. The van der Waals surface area contributed by atoms with Crippen molar-refractivity contribution < 1.29 is 9.53 Å².